The molecule has 0 spiro atoms. The first-order chi connectivity index (χ1) is 16.8. The quantitative estimate of drug-likeness (QED) is 0.597. The van der Waals surface area contributed by atoms with E-state index in [1.165, 1.54) is 18.5 Å². The number of pyridine rings is 2. The first-order valence-corrected chi connectivity index (χ1v) is 12.3. The maximum absolute atomic E-state index is 13.5. The Kier molecular flexibility index (Phi) is 5.10. The van der Waals surface area contributed by atoms with E-state index in [0.717, 1.165) is 48.5 Å². The van der Waals surface area contributed by atoms with E-state index in [2.05, 4.69) is 45.5 Å². The molecule has 0 unspecified atom stereocenters. The highest BCUT2D eigenvalue weighted by molar-refractivity contribution is 6.04. The maximum Gasteiger partial charge on any atom is 0.327 e. The fraction of sp³-hybridized carbons (Fsp3) is 0.520. The second-order valence-corrected chi connectivity index (χ2v) is 10.5. The molecule has 10 heteroatoms. The number of hydrogen-bond donors (Lipinski definition) is 2. The topological polar surface area (TPSA) is 100 Å². The van der Waals surface area contributed by atoms with Crippen LogP contribution in [0.5, 0.6) is 5.88 Å². The number of carbonyl (C=O) groups is 1. The highest BCUT2D eigenvalue weighted by atomic mass is 16.5. The Labute approximate surface area is 204 Å². The highest BCUT2D eigenvalue weighted by Gasteiger charge is 2.36. The van der Waals surface area contributed by atoms with E-state index in [1.54, 1.807) is 16.7 Å². The molecular formula is C25H32N8O2. The summed E-state index contributed by atoms with van der Waals surface area (Å²) < 4.78 is 7.15. The van der Waals surface area contributed by atoms with Crippen LogP contribution in [0.25, 0.3) is 11.0 Å². The fourth-order valence-corrected chi connectivity index (χ4v) is 5.26. The van der Waals surface area contributed by atoms with E-state index in [0.29, 0.717) is 29.7 Å². The Morgan fingerprint density at radius 1 is 1.23 bits per heavy atom. The van der Waals surface area contributed by atoms with Crippen LogP contribution in [-0.4, -0.2) is 64.6 Å². The van der Waals surface area contributed by atoms with Crippen LogP contribution >= 0.6 is 0 Å². The molecule has 6 rings (SSSR count). The van der Waals surface area contributed by atoms with Gasteiger partial charge in [-0.1, -0.05) is 0 Å². The summed E-state index contributed by atoms with van der Waals surface area (Å²) in [6.07, 6.45) is 4.99. The molecule has 5 heterocycles. The third-order valence-electron chi connectivity index (χ3n) is 7.10. The van der Waals surface area contributed by atoms with Gasteiger partial charge in [0.25, 0.3) is 0 Å². The minimum absolute atomic E-state index is 0.0400. The zero-order valence-electron chi connectivity index (χ0n) is 20.8. The second kappa shape index (κ2) is 8.08. The monoisotopic (exact) mass is 476 g/mol. The van der Waals surface area contributed by atoms with E-state index in [9.17, 15) is 4.79 Å². The number of aromatic nitrogens is 4. The summed E-state index contributed by atoms with van der Waals surface area (Å²) in [5.41, 5.74) is 4.64. The minimum Gasteiger partial charge on any atom is -0.479 e. The zero-order valence-corrected chi connectivity index (χ0v) is 20.8. The molecule has 184 valence electrons. The molecule has 1 saturated carbocycles. The lowest BCUT2D eigenvalue weighted by Crippen LogP contribution is -2.57. The molecule has 0 aromatic carbocycles. The molecule has 1 saturated heterocycles. The number of methoxy groups -OCH3 is 1. The fourth-order valence-electron chi connectivity index (χ4n) is 5.26. The number of carbonyl (C=O) groups excluding carboxylic acids is 1. The second-order valence-electron chi connectivity index (χ2n) is 10.5. The molecule has 2 fully saturated rings. The maximum atomic E-state index is 13.5. The van der Waals surface area contributed by atoms with Crippen molar-refractivity contribution in [2.75, 3.05) is 48.4 Å². The summed E-state index contributed by atoms with van der Waals surface area (Å²) >= 11 is 0. The largest absolute Gasteiger partial charge is 0.479 e. The molecule has 3 aliphatic rings. The number of aryl methyl sites for hydroxylation is 1. The Hall–Kier alpha value is -3.40. The standard InChI is InChI=1S/C25H32N8O2/c1-25(2)14-32(10-8-26-25)20-12-18(15-5-6-15)27-22-17(20)7-9-33(22)24(34)28-19-11-16-13-31(3)30-21(16)29-23(19)35-4/h11-13,15,26H,5-10,14H2,1-4H3,(H,28,34). The molecule has 0 bridgehead atoms. The first kappa shape index (κ1) is 22.1. The Morgan fingerprint density at radius 3 is 2.80 bits per heavy atom. The van der Waals surface area contributed by atoms with E-state index in [1.807, 2.05) is 19.3 Å². The number of fused-ring (bicyclic) bond motifs is 2. The summed E-state index contributed by atoms with van der Waals surface area (Å²) in [5.74, 6) is 1.62. The van der Waals surface area contributed by atoms with E-state index in [-0.39, 0.29) is 11.6 Å². The number of piperazine rings is 1. The van der Waals surface area contributed by atoms with Crippen LogP contribution < -0.4 is 25.2 Å². The van der Waals surface area contributed by atoms with Crippen LogP contribution in [-0.2, 0) is 13.5 Å². The van der Waals surface area contributed by atoms with Crippen molar-refractivity contribution in [1.82, 2.24) is 25.1 Å². The molecular weight excluding hydrogens is 444 g/mol. The number of anilines is 3. The van der Waals surface area contributed by atoms with Crippen molar-refractivity contribution in [1.29, 1.82) is 0 Å². The SMILES string of the molecule is COc1nc2nn(C)cc2cc1NC(=O)N1CCc2c(N3CCNC(C)(C)C3)cc(C3CC3)nc21. The van der Waals surface area contributed by atoms with Crippen molar-refractivity contribution < 1.29 is 9.53 Å². The molecule has 0 atom stereocenters. The average Bonchev–Trinajstić information content (AvgIpc) is 3.47. The van der Waals surface area contributed by atoms with Crippen LogP contribution in [0.3, 0.4) is 0 Å². The molecule has 35 heavy (non-hydrogen) atoms. The van der Waals surface area contributed by atoms with Crippen LogP contribution in [0, 0.1) is 0 Å². The van der Waals surface area contributed by atoms with Gasteiger partial charge in [0.2, 0.25) is 5.88 Å². The third-order valence-corrected chi connectivity index (χ3v) is 7.10. The lowest BCUT2D eigenvalue weighted by molar-refractivity contribution is 0.257. The highest BCUT2D eigenvalue weighted by Crippen LogP contribution is 2.44. The lowest BCUT2D eigenvalue weighted by atomic mass is 10.00. The summed E-state index contributed by atoms with van der Waals surface area (Å²) in [5, 5.41) is 11.8. The van der Waals surface area contributed by atoms with Crippen molar-refractivity contribution in [2.24, 2.45) is 7.05 Å². The molecule has 3 aromatic rings. The van der Waals surface area contributed by atoms with Crippen molar-refractivity contribution >= 4 is 34.3 Å². The van der Waals surface area contributed by atoms with Gasteiger partial charge in [0.1, 0.15) is 11.5 Å². The van der Waals surface area contributed by atoms with Gasteiger partial charge in [-0.25, -0.2) is 9.78 Å². The predicted octanol–water partition coefficient (Wildman–Crippen LogP) is 3.03. The van der Waals surface area contributed by atoms with Crippen LogP contribution in [0.1, 0.15) is 43.9 Å². The van der Waals surface area contributed by atoms with Gasteiger partial charge in [0, 0.05) is 73.2 Å². The molecule has 1 aliphatic carbocycles. The van der Waals surface area contributed by atoms with E-state index in [4.69, 9.17) is 9.72 Å². The molecule has 2 amide bonds. The van der Waals surface area contributed by atoms with E-state index < -0.39 is 0 Å². The van der Waals surface area contributed by atoms with Gasteiger partial charge in [-0.15, -0.1) is 0 Å². The number of nitrogens with zero attached hydrogens (tertiary/aromatic N) is 6. The Bertz CT molecular complexity index is 1310. The number of nitrogens with one attached hydrogen (secondary N) is 2. The van der Waals surface area contributed by atoms with Gasteiger partial charge in [-0.05, 0) is 45.2 Å². The van der Waals surface area contributed by atoms with Gasteiger partial charge in [0.15, 0.2) is 5.65 Å². The van der Waals surface area contributed by atoms with Crippen LogP contribution in [0.4, 0.5) is 22.0 Å². The van der Waals surface area contributed by atoms with E-state index >= 15 is 0 Å². The normalized spacial score (nSPS) is 19.2. The zero-order chi connectivity index (χ0) is 24.3. The third kappa shape index (κ3) is 4.05. The van der Waals surface area contributed by atoms with Crippen LogP contribution in [0.15, 0.2) is 18.3 Å². The van der Waals surface area contributed by atoms with Gasteiger partial charge in [-0.2, -0.15) is 10.1 Å². The minimum atomic E-state index is -0.223. The number of ether oxygens (including phenoxy) is 1. The number of amides is 2. The summed E-state index contributed by atoms with van der Waals surface area (Å²) in [4.78, 5) is 27.2. The first-order valence-electron chi connectivity index (χ1n) is 12.3. The van der Waals surface area contributed by atoms with Crippen LogP contribution in [0.2, 0.25) is 0 Å². The average molecular weight is 477 g/mol. The predicted molar refractivity (Wildman–Crippen MR) is 136 cm³/mol. The number of rotatable bonds is 4. The summed E-state index contributed by atoms with van der Waals surface area (Å²) in [6.45, 7) is 7.88. The molecule has 0 radical (unpaired) electrons. The lowest BCUT2D eigenvalue weighted by Gasteiger charge is -2.41. The van der Waals surface area contributed by atoms with Crippen molar-refractivity contribution in [3.63, 3.8) is 0 Å². The smallest absolute Gasteiger partial charge is 0.327 e. The molecule has 3 aromatic heterocycles. The van der Waals surface area contributed by atoms with Gasteiger partial charge in [0.05, 0.1) is 7.11 Å². The summed E-state index contributed by atoms with van der Waals surface area (Å²) in [6, 6.07) is 3.91. The Balaban J connectivity index is 1.33. The molecule has 2 N–H and O–H groups in total. The van der Waals surface area contributed by atoms with Crippen molar-refractivity contribution in [2.45, 2.75) is 44.6 Å². The molecule has 10 nitrogen and oxygen atoms in total. The Morgan fingerprint density at radius 2 is 2.06 bits per heavy atom. The number of hydrogen-bond acceptors (Lipinski definition) is 7. The number of urea groups is 1. The van der Waals surface area contributed by atoms with Gasteiger partial charge < -0.3 is 20.3 Å². The van der Waals surface area contributed by atoms with Crippen molar-refractivity contribution in [3.05, 3.63) is 29.6 Å². The van der Waals surface area contributed by atoms with Crippen molar-refractivity contribution in [3.8, 4) is 5.88 Å². The molecule has 2 aliphatic heterocycles. The van der Waals surface area contributed by atoms with Gasteiger partial charge in [-0.3, -0.25) is 9.58 Å². The summed E-state index contributed by atoms with van der Waals surface area (Å²) in [7, 11) is 3.39. The van der Waals surface area contributed by atoms with Gasteiger partial charge >= 0.3 is 6.03 Å².